The lowest BCUT2D eigenvalue weighted by Crippen LogP contribution is -2.18. The number of aryl methyl sites for hydroxylation is 1. The minimum atomic E-state index is 0.171. The van der Waals surface area contributed by atoms with Gasteiger partial charge in [-0.15, -0.1) is 0 Å². The summed E-state index contributed by atoms with van der Waals surface area (Å²) in [6, 6.07) is 8.14. The van der Waals surface area contributed by atoms with Crippen molar-refractivity contribution in [2.45, 2.75) is 53.0 Å². The molecule has 0 bridgehead atoms. The van der Waals surface area contributed by atoms with Gasteiger partial charge in [-0.3, -0.25) is 4.79 Å². The number of ketones is 1. The molecule has 108 valence electrons. The molecule has 0 aliphatic carbocycles. The van der Waals surface area contributed by atoms with Gasteiger partial charge in [0, 0.05) is 12.5 Å². The van der Waals surface area contributed by atoms with Crippen LogP contribution in [0, 0.1) is 5.92 Å². The van der Waals surface area contributed by atoms with Crippen LogP contribution in [-0.4, -0.2) is 15.3 Å². The molecule has 0 saturated heterocycles. The number of hydrogen-bond acceptors (Lipinski definition) is 2. The van der Waals surface area contributed by atoms with Crippen LogP contribution >= 0.6 is 0 Å². The fourth-order valence-corrected chi connectivity index (χ4v) is 2.78. The van der Waals surface area contributed by atoms with E-state index in [1.165, 1.54) is 0 Å². The number of hydrogen-bond donors (Lipinski definition) is 0. The van der Waals surface area contributed by atoms with Crippen LogP contribution in [0.25, 0.3) is 11.0 Å². The van der Waals surface area contributed by atoms with Gasteiger partial charge in [0.1, 0.15) is 11.6 Å². The van der Waals surface area contributed by atoms with Crippen LogP contribution in [0.4, 0.5) is 0 Å². The summed E-state index contributed by atoms with van der Waals surface area (Å²) in [7, 11) is 0. The highest BCUT2D eigenvalue weighted by molar-refractivity contribution is 5.84. The fourth-order valence-electron chi connectivity index (χ4n) is 2.78. The molecule has 3 heteroatoms. The number of Topliss-reactive ketones (excluding diaryl/α,β-unsaturated/α-hetero) is 1. The van der Waals surface area contributed by atoms with Gasteiger partial charge < -0.3 is 4.57 Å². The van der Waals surface area contributed by atoms with E-state index in [0.717, 1.165) is 42.7 Å². The molecule has 1 heterocycles. The second-order valence-corrected chi connectivity index (χ2v) is 5.32. The van der Waals surface area contributed by atoms with Crippen LogP contribution < -0.4 is 0 Å². The lowest BCUT2D eigenvalue weighted by atomic mass is 9.96. The van der Waals surface area contributed by atoms with Crippen molar-refractivity contribution in [1.82, 2.24) is 9.55 Å². The summed E-state index contributed by atoms with van der Waals surface area (Å²) >= 11 is 0. The lowest BCUT2D eigenvalue weighted by Gasteiger charge is -2.12. The Morgan fingerprint density at radius 1 is 1.20 bits per heavy atom. The maximum absolute atomic E-state index is 12.4. The van der Waals surface area contributed by atoms with Crippen molar-refractivity contribution >= 4 is 16.8 Å². The lowest BCUT2D eigenvalue weighted by molar-refractivity contribution is -0.122. The SMILES string of the molecule is CCCn1c(CC(=O)C(CC)CC)nc2ccccc21. The van der Waals surface area contributed by atoms with E-state index in [0.29, 0.717) is 12.2 Å². The van der Waals surface area contributed by atoms with E-state index in [4.69, 9.17) is 0 Å². The minimum Gasteiger partial charge on any atom is -0.328 e. The standard InChI is InChI=1S/C17H24N2O/c1-4-11-19-15-10-8-7-9-14(15)18-17(19)12-16(20)13(5-2)6-3/h7-10,13H,4-6,11-12H2,1-3H3. The van der Waals surface area contributed by atoms with Crippen molar-refractivity contribution in [3.8, 4) is 0 Å². The molecule has 2 aromatic rings. The molecule has 3 nitrogen and oxygen atoms in total. The number of rotatable bonds is 7. The molecule has 0 spiro atoms. The molecule has 0 radical (unpaired) electrons. The summed E-state index contributed by atoms with van der Waals surface area (Å²) < 4.78 is 2.20. The van der Waals surface area contributed by atoms with Crippen LogP contribution in [0.1, 0.15) is 45.9 Å². The quantitative estimate of drug-likeness (QED) is 0.763. The Kier molecular flexibility index (Phi) is 4.94. The van der Waals surface area contributed by atoms with Crippen molar-refractivity contribution < 1.29 is 4.79 Å². The highest BCUT2D eigenvalue weighted by Crippen LogP contribution is 2.19. The van der Waals surface area contributed by atoms with Gasteiger partial charge in [-0.05, 0) is 31.4 Å². The molecular weight excluding hydrogens is 248 g/mol. The van der Waals surface area contributed by atoms with Crippen molar-refractivity contribution in [3.05, 3.63) is 30.1 Å². The van der Waals surface area contributed by atoms with Crippen molar-refractivity contribution in [2.75, 3.05) is 0 Å². The topological polar surface area (TPSA) is 34.9 Å². The first-order valence-electron chi connectivity index (χ1n) is 7.68. The van der Waals surface area contributed by atoms with E-state index in [1.807, 2.05) is 18.2 Å². The first-order chi connectivity index (χ1) is 9.71. The maximum Gasteiger partial charge on any atom is 0.143 e. The largest absolute Gasteiger partial charge is 0.328 e. The summed E-state index contributed by atoms with van der Waals surface area (Å²) in [5.74, 6) is 1.41. The number of fused-ring (bicyclic) bond motifs is 1. The van der Waals surface area contributed by atoms with Crippen molar-refractivity contribution in [3.63, 3.8) is 0 Å². The van der Waals surface area contributed by atoms with Crippen molar-refractivity contribution in [2.24, 2.45) is 5.92 Å². The average molecular weight is 272 g/mol. The zero-order valence-corrected chi connectivity index (χ0v) is 12.7. The molecule has 0 aliphatic heterocycles. The highest BCUT2D eigenvalue weighted by Gasteiger charge is 2.18. The van der Waals surface area contributed by atoms with Crippen LogP contribution in [-0.2, 0) is 17.8 Å². The molecule has 0 aliphatic rings. The Balaban J connectivity index is 2.33. The molecule has 0 amide bonds. The van der Waals surface area contributed by atoms with Crippen molar-refractivity contribution in [1.29, 1.82) is 0 Å². The van der Waals surface area contributed by atoms with E-state index in [2.05, 4.69) is 36.4 Å². The molecule has 20 heavy (non-hydrogen) atoms. The first kappa shape index (κ1) is 14.8. The number of para-hydroxylation sites is 2. The first-order valence-corrected chi connectivity index (χ1v) is 7.68. The molecule has 1 aromatic heterocycles. The molecule has 0 fully saturated rings. The second-order valence-electron chi connectivity index (χ2n) is 5.32. The van der Waals surface area contributed by atoms with E-state index in [9.17, 15) is 4.79 Å². The second kappa shape index (κ2) is 6.69. The van der Waals surface area contributed by atoms with Gasteiger partial charge in [0.2, 0.25) is 0 Å². The summed E-state index contributed by atoms with van der Waals surface area (Å²) in [6.07, 6.45) is 3.35. The highest BCUT2D eigenvalue weighted by atomic mass is 16.1. The molecule has 1 aromatic carbocycles. The Morgan fingerprint density at radius 2 is 1.90 bits per heavy atom. The van der Waals surface area contributed by atoms with Crippen LogP contribution in [0.5, 0.6) is 0 Å². The third kappa shape index (κ3) is 2.92. The molecule has 2 rings (SSSR count). The normalized spacial score (nSPS) is 11.4. The summed E-state index contributed by atoms with van der Waals surface area (Å²) in [4.78, 5) is 17.0. The molecular formula is C17H24N2O. The average Bonchev–Trinajstić information content (AvgIpc) is 2.79. The number of carbonyl (C=O) groups is 1. The third-order valence-corrected chi connectivity index (χ3v) is 3.95. The van der Waals surface area contributed by atoms with Gasteiger partial charge in [-0.25, -0.2) is 4.98 Å². The van der Waals surface area contributed by atoms with Gasteiger partial charge in [0.15, 0.2) is 0 Å². The zero-order valence-electron chi connectivity index (χ0n) is 12.7. The number of aromatic nitrogens is 2. The summed E-state index contributed by atoms with van der Waals surface area (Å²) in [6.45, 7) is 7.25. The number of nitrogens with zero attached hydrogens (tertiary/aromatic N) is 2. The monoisotopic (exact) mass is 272 g/mol. The summed E-state index contributed by atoms with van der Waals surface area (Å²) in [5.41, 5.74) is 2.13. The van der Waals surface area contributed by atoms with Gasteiger partial charge >= 0.3 is 0 Å². The zero-order chi connectivity index (χ0) is 14.5. The van der Waals surface area contributed by atoms with Gasteiger partial charge in [-0.1, -0.05) is 32.9 Å². The Hall–Kier alpha value is -1.64. The van der Waals surface area contributed by atoms with E-state index < -0.39 is 0 Å². The number of imidazole rings is 1. The van der Waals surface area contributed by atoms with Crippen LogP contribution in [0.15, 0.2) is 24.3 Å². The Labute approximate surface area is 121 Å². The molecule has 0 unspecified atom stereocenters. The smallest absolute Gasteiger partial charge is 0.143 e. The number of carbonyl (C=O) groups excluding carboxylic acids is 1. The van der Waals surface area contributed by atoms with Crippen LogP contribution in [0.2, 0.25) is 0 Å². The third-order valence-electron chi connectivity index (χ3n) is 3.95. The van der Waals surface area contributed by atoms with E-state index >= 15 is 0 Å². The van der Waals surface area contributed by atoms with Gasteiger partial charge in [0.05, 0.1) is 17.5 Å². The van der Waals surface area contributed by atoms with E-state index in [1.54, 1.807) is 0 Å². The minimum absolute atomic E-state index is 0.171. The fraction of sp³-hybridized carbons (Fsp3) is 0.529. The van der Waals surface area contributed by atoms with E-state index in [-0.39, 0.29) is 5.92 Å². The van der Waals surface area contributed by atoms with Gasteiger partial charge in [-0.2, -0.15) is 0 Å². The number of benzene rings is 1. The summed E-state index contributed by atoms with van der Waals surface area (Å²) in [5, 5.41) is 0. The molecule has 0 atom stereocenters. The van der Waals surface area contributed by atoms with Gasteiger partial charge in [0.25, 0.3) is 0 Å². The molecule has 0 N–H and O–H groups in total. The molecule has 0 saturated carbocycles. The van der Waals surface area contributed by atoms with Crippen LogP contribution in [0.3, 0.4) is 0 Å². The predicted molar refractivity (Wildman–Crippen MR) is 82.8 cm³/mol. The maximum atomic E-state index is 12.4. The Bertz CT molecular complexity index is 582. The predicted octanol–water partition coefficient (Wildman–Crippen LogP) is 3.99. The Morgan fingerprint density at radius 3 is 2.55 bits per heavy atom.